The lowest BCUT2D eigenvalue weighted by Gasteiger charge is -2.27. The summed E-state index contributed by atoms with van der Waals surface area (Å²) < 4.78 is 5.43. The first-order valence-corrected chi connectivity index (χ1v) is 10.1. The molecule has 0 aliphatic carbocycles. The Morgan fingerprint density at radius 3 is 2.60 bits per heavy atom. The molecular formula is C21H26N6O3. The van der Waals surface area contributed by atoms with Crippen molar-refractivity contribution in [3.8, 4) is 0 Å². The second kappa shape index (κ2) is 8.27. The number of carbonyl (C=O) groups excluding carboxylic acids is 2. The van der Waals surface area contributed by atoms with Crippen molar-refractivity contribution in [3.63, 3.8) is 0 Å². The zero-order valence-electron chi connectivity index (χ0n) is 17.4. The molecule has 30 heavy (non-hydrogen) atoms. The van der Waals surface area contributed by atoms with Gasteiger partial charge in [0.25, 0.3) is 5.91 Å². The summed E-state index contributed by atoms with van der Waals surface area (Å²) in [6.07, 6.45) is 0. The van der Waals surface area contributed by atoms with E-state index in [1.54, 1.807) is 4.90 Å². The van der Waals surface area contributed by atoms with Crippen LogP contribution in [0.25, 0.3) is 0 Å². The number of nitrogens with one attached hydrogen (secondary N) is 2. The van der Waals surface area contributed by atoms with Gasteiger partial charge in [-0.2, -0.15) is 4.98 Å². The maximum absolute atomic E-state index is 13.0. The predicted molar refractivity (Wildman–Crippen MR) is 114 cm³/mol. The number of carbonyl (C=O) groups is 2. The van der Waals surface area contributed by atoms with Crippen LogP contribution in [-0.4, -0.2) is 59.0 Å². The van der Waals surface area contributed by atoms with Gasteiger partial charge < -0.3 is 25.2 Å². The van der Waals surface area contributed by atoms with Crippen LogP contribution in [0.15, 0.2) is 24.3 Å². The zero-order chi connectivity index (χ0) is 21.3. The molecular weight excluding hydrogens is 384 g/mol. The van der Waals surface area contributed by atoms with Gasteiger partial charge in [0, 0.05) is 43.0 Å². The average Bonchev–Trinajstić information content (AvgIpc) is 3.06. The maximum atomic E-state index is 13.0. The molecule has 1 aromatic carbocycles. The van der Waals surface area contributed by atoms with Crippen molar-refractivity contribution in [1.82, 2.24) is 14.9 Å². The molecule has 0 unspecified atom stereocenters. The lowest BCUT2D eigenvalue weighted by atomic mass is 10.2. The quantitative estimate of drug-likeness (QED) is 0.781. The molecule has 3 heterocycles. The first-order valence-electron chi connectivity index (χ1n) is 10.1. The van der Waals surface area contributed by atoms with Gasteiger partial charge in [0.1, 0.15) is 11.5 Å². The Labute approximate surface area is 175 Å². The number of anilines is 4. The van der Waals surface area contributed by atoms with Crippen LogP contribution in [0.1, 0.15) is 36.8 Å². The summed E-state index contributed by atoms with van der Waals surface area (Å²) in [6, 6.07) is 7.46. The van der Waals surface area contributed by atoms with Crippen LogP contribution in [0.2, 0.25) is 0 Å². The van der Waals surface area contributed by atoms with Gasteiger partial charge in [-0.25, -0.2) is 4.98 Å². The van der Waals surface area contributed by atoms with Gasteiger partial charge in [0.15, 0.2) is 0 Å². The number of rotatable bonds is 5. The Morgan fingerprint density at radius 1 is 1.17 bits per heavy atom. The van der Waals surface area contributed by atoms with E-state index in [2.05, 4.69) is 15.6 Å². The smallest absolute Gasteiger partial charge is 0.273 e. The molecule has 2 aliphatic heterocycles. The van der Waals surface area contributed by atoms with Crippen molar-refractivity contribution >= 4 is 35.0 Å². The Bertz CT molecular complexity index is 971. The summed E-state index contributed by atoms with van der Waals surface area (Å²) in [7, 11) is 0. The molecule has 9 nitrogen and oxygen atoms in total. The molecule has 2 aromatic rings. The van der Waals surface area contributed by atoms with Gasteiger partial charge in [0.2, 0.25) is 11.9 Å². The largest absolute Gasteiger partial charge is 0.378 e. The van der Waals surface area contributed by atoms with E-state index in [4.69, 9.17) is 9.72 Å². The highest BCUT2D eigenvalue weighted by atomic mass is 16.5. The molecule has 0 atom stereocenters. The van der Waals surface area contributed by atoms with Crippen molar-refractivity contribution < 1.29 is 14.3 Å². The SMILES string of the molecule is CC(=O)Nc1cccc(Nc2nc(N3CCOCC3)nc3c2CN(C(C)C)C3=O)c1. The number of nitrogens with zero attached hydrogens (tertiary/aromatic N) is 4. The molecule has 0 bridgehead atoms. The topological polar surface area (TPSA) is 99.7 Å². The highest BCUT2D eigenvalue weighted by molar-refractivity contribution is 5.98. The highest BCUT2D eigenvalue weighted by Gasteiger charge is 2.35. The Kier molecular flexibility index (Phi) is 5.54. The highest BCUT2D eigenvalue weighted by Crippen LogP contribution is 2.32. The zero-order valence-corrected chi connectivity index (χ0v) is 17.4. The maximum Gasteiger partial charge on any atom is 0.273 e. The van der Waals surface area contributed by atoms with Gasteiger partial charge in [-0.15, -0.1) is 0 Å². The molecule has 2 aliphatic rings. The molecule has 4 rings (SSSR count). The van der Waals surface area contributed by atoms with E-state index in [1.807, 2.05) is 43.0 Å². The Morgan fingerprint density at radius 2 is 1.90 bits per heavy atom. The molecule has 0 radical (unpaired) electrons. The van der Waals surface area contributed by atoms with Crippen LogP contribution >= 0.6 is 0 Å². The van der Waals surface area contributed by atoms with E-state index >= 15 is 0 Å². The molecule has 1 saturated heterocycles. The summed E-state index contributed by atoms with van der Waals surface area (Å²) in [5, 5.41) is 6.12. The summed E-state index contributed by atoms with van der Waals surface area (Å²) in [6.45, 7) is 8.48. The normalized spacial score (nSPS) is 16.1. The minimum Gasteiger partial charge on any atom is -0.378 e. The van der Waals surface area contributed by atoms with Gasteiger partial charge >= 0.3 is 0 Å². The van der Waals surface area contributed by atoms with Crippen LogP contribution in [0.5, 0.6) is 0 Å². The van der Waals surface area contributed by atoms with E-state index in [0.717, 1.165) is 11.3 Å². The van der Waals surface area contributed by atoms with E-state index in [0.29, 0.717) is 56.0 Å². The fraction of sp³-hybridized carbons (Fsp3) is 0.429. The fourth-order valence-electron chi connectivity index (χ4n) is 3.62. The van der Waals surface area contributed by atoms with Gasteiger partial charge in [-0.1, -0.05) is 6.07 Å². The number of fused-ring (bicyclic) bond motifs is 1. The van der Waals surface area contributed by atoms with Crippen molar-refractivity contribution in [2.45, 2.75) is 33.4 Å². The minimum absolute atomic E-state index is 0.0643. The standard InChI is InChI=1S/C21H26N6O3/c1-13(2)27-12-17-18(20(27)29)24-21(26-7-9-30-10-8-26)25-19(17)23-16-6-4-5-15(11-16)22-14(3)28/h4-6,11,13H,7-10,12H2,1-3H3,(H,22,28)(H,23,24,25). The number of benzene rings is 1. The Hall–Kier alpha value is -3.20. The molecule has 2 amide bonds. The van der Waals surface area contributed by atoms with E-state index in [1.165, 1.54) is 6.92 Å². The van der Waals surface area contributed by atoms with E-state index < -0.39 is 0 Å². The number of ether oxygens (including phenoxy) is 1. The molecule has 158 valence electrons. The van der Waals surface area contributed by atoms with Crippen molar-refractivity contribution in [1.29, 1.82) is 0 Å². The minimum atomic E-state index is -0.136. The molecule has 1 fully saturated rings. The summed E-state index contributed by atoms with van der Waals surface area (Å²) in [5.41, 5.74) is 2.69. The number of hydrogen-bond acceptors (Lipinski definition) is 7. The molecule has 2 N–H and O–H groups in total. The van der Waals surface area contributed by atoms with Gasteiger partial charge in [-0.3, -0.25) is 9.59 Å². The molecule has 0 spiro atoms. The second-order valence-corrected chi connectivity index (χ2v) is 7.71. The van der Waals surface area contributed by atoms with Crippen molar-refractivity contribution in [3.05, 3.63) is 35.5 Å². The average molecular weight is 410 g/mol. The number of hydrogen-bond donors (Lipinski definition) is 2. The van der Waals surface area contributed by atoms with Crippen LogP contribution in [-0.2, 0) is 16.1 Å². The Balaban J connectivity index is 1.71. The number of morpholine rings is 1. The first kappa shape index (κ1) is 20.1. The summed E-state index contributed by atoms with van der Waals surface area (Å²) in [4.78, 5) is 37.6. The number of amides is 2. The fourth-order valence-corrected chi connectivity index (χ4v) is 3.62. The van der Waals surface area contributed by atoms with Crippen LogP contribution < -0.4 is 15.5 Å². The van der Waals surface area contributed by atoms with E-state index in [-0.39, 0.29) is 17.9 Å². The summed E-state index contributed by atoms with van der Waals surface area (Å²) >= 11 is 0. The molecule has 9 heteroatoms. The van der Waals surface area contributed by atoms with Crippen molar-refractivity contribution in [2.75, 3.05) is 41.8 Å². The molecule has 1 aromatic heterocycles. The third kappa shape index (κ3) is 4.06. The van der Waals surface area contributed by atoms with E-state index in [9.17, 15) is 9.59 Å². The summed E-state index contributed by atoms with van der Waals surface area (Å²) in [5.74, 6) is 0.921. The van der Waals surface area contributed by atoms with Crippen LogP contribution in [0.3, 0.4) is 0 Å². The van der Waals surface area contributed by atoms with Crippen LogP contribution in [0.4, 0.5) is 23.1 Å². The third-order valence-electron chi connectivity index (χ3n) is 5.15. The lowest BCUT2D eigenvalue weighted by molar-refractivity contribution is -0.114. The van der Waals surface area contributed by atoms with Crippen LogP contribution in [0, 0.1) is 0 Å². The predicted octanol–water partition coefficient (Wildman–Crippen LogP) is 2.38. The third-order valence-corrected chi connectivity index (χ3v) is 5.15. The lowest BCUT2D eigenvalue weighted by Crippen LogP contribution is -2.37. The van der Waals surface area contributed by atoms with Gasteiger partial charge in [0.05, 0.1) is 19.8 Å². The van der Waals surface area contributed by atoms with Gasteiger partial charge in [-0.05, 0) is 32.0 Å². The molecule has 0 saturated carbocycles. The first-order chi connectivity index (χ1) is 14.4. The number of aromatic nitrogens is 2. The second-order valence-electron chi connectivity index (χ2n) is 7.71. The monoisotopic (exact) mass is 410 g/mol. The van der Waals surface area contributed by atoms with Crippen molar-refractivity contribution in [2.24, 2.45) is 0 Å².